The second kappa shape index (κ2) is 10.7. The minimum absolute atomic E-state index is 0.0434. The number of aromatic hydroxyl groups is 1. The van der Waals surface area contributed by atoms with Crippen molar-refractivity contribution in [1.29, 1.82) is 0 Å². The number of primary sulfonamides is 1. The Morgan fingerprint density at radius 1 is 0.927 bits per heavy atom. The number of hydrogen-bond acceptors (Lipinski definition) is 7. The van der Waals surface area contributed by atoms with Crippen molar-refractivity contribution in [2.75, 3.05) is 16.8 Å². The molecule has 2 unspecified atom stereocenters. The number of anilines is 2. The molecule has 5 aromatic rings. The average Bonchev–Trinajstić information content (AvgIpc) is 3.45. The zero-order valence-electron chi connectivity index (χ0n) is 21.9. The number of nitrogens with zero attached hydrogens (tertiary/aromatic N) is 3. The summed E-state index contributed by atoms with van der Waals surface area (Å²) in [5.74, 6) is 0.243. The van der Waals surface area contributed by atoms with E-state index in [2.05, 4.69) is 25.6 Å². The Labute approximate surface area is 236 Å². The largest absolute Gasteiger partial charge is 0.508 e. The second-order valence-electron chi connectivity index (χ2n) is 10.1. The average molecular weight is 569 g/mol. The van der Waals surface area contributed by atoms with Crippen molar-refractivity contribution in [2.24, 2.45) is 5.14 Å². The summed E-state index contributed by atoms with van der Waals surface area (Å²) in [6.45, 7) is 0.607. The lowest BCUT2D eigenvalue weighted by molar-refractivity contribution is -0.117. The highest BCUT2D eigenvalue weighted by Gasteiger charge is 2.34. The predicted octanol–water partition coefficient (Wildman–Crippen LogP) is 4.37. The maximum Gasteiger partial charge on any atom is 0.247 e. The molecule has 0 bridgehead atoms. The zero-order valence-corrected chi connectivity index (χ0v) is 22.8. The summed E-state index contributed by atoms with van der Waals surface area (Å²) < 4.78 is 24.1. The number of aromatic nitrogens is 3. The molecule has 208 valence electrons. The van der Waals surface area contributed by atoms with Crippen LogP contribution in [-0.4, -0.2) is 47.4 Å². The molecule has 11 heteroatoms. The van der Waals surface area contributed by atoms with E-state index in [0.29, 0.717) is 35.3 Å². The number of hydrogen-bond donors (Lipinski definition) is 4. The van der Waals surface area contributed by atoms with Gasteiger partial charge in [-0.1, -0.05) is 42.5 Å². The van der Waals surface area contributed by atoms with Crippen molar-refractivity contribution in [3.8, 4) is 16.9 Å². The molecular weight excluding hydrogens is 540 g/mol. The zero-order chi connectivity index (χ0) is 28.6. The third-order valence-electron chi connectivity index (χ3n) is 7.54. The third kappa shape index (κ3) is 5.49. The molecule has 0 saturated carbocycles. The van der Waals surface area contributed by atoms with Gasteiger partial charge in [-0.15, -0.1) is 0 Å². The number of sulfonamides is 1. The molecule has 1 saturated heterocycles. The molecule has 1 fully saturated rings. The van der Waals surface area contributed by atoms with E-state index in [0.717, 1.165) is 23.2 Å². The van der Waals surface area contributed by atoms with Crippen molar-refractivity contribution in [2.45, 2.75) is 29.7 Å². The topological polar surface area (TPSA) is 154 Å². The van der Waals surface area contributed by atoms with Crippen molar-refractivity contribution in [3.05, 3.63) is 96.6 Å². The van der Waals surface area contributed by atoms with E-state index in [1.165, 1.54) is 6.07 Å². The Kier molecular flexibility index (Phi) is 6.90. The van der Waals surface area contributed by atoms with Crippen LogP contribution in [0.25, 0.3) is 22.2 Å². The van der Waals surface area contributed by atoms with Gasteiger partial charge in [-0.05, 0) is 72.5 Å². The van der Waals surface area contributed by atoms with Gasteiger partial charge in [0.25, 0.3) is 0 Å². The van der Waals surface area contributed by atoms with Crippen LogP contribution in [0.4, 0.5) is 11.4 Å². The Morgan fingerprint density at radius 3 is 2.41 bits per heavy atom. The van der Waals surface area contributed by atoms with E-state index in [1.807, 2.05) is 30.3 Å². The van der Waals surface area contributed by atoms with Gasteiger partial charge in [0.1, 0.15) is 22.8 Å². The van der Waals surface area contributed by atoms with Crippen LogP contribution < -0.4 is 15.4 Å². The minimum Gasteiger partial charge on any atom is -0.508 e. The molecule has 1 aliphatic rings. The molecule has 0 radical (unpaired) electrons. The first-order valence-electron chi connectivity index (χ1n) is 13.2. The monoisotopic (exact) mass is 568 g/mol. The number of aromatic amines is 1. The SMILES string of the molecule is NS(=O)(=O)c1ccccc1-c1ccc(NC(=O)C2CCC(c3ccc(O)cc3)CN2c2ccc3n[nH]nc3c2)cc1. The molecule has 2 atom stereocenters. The number of H-pyrrole nitrogens is 1. The first-order valence-corrected chi connectivity index (χ1v) is 14.7. The first-order chi connectivity index (χ1) is 19.8. The second-order valence-corrected chi connectivity index (χ2v) is 11.7. The lowest BCUT2D eigenvalue weighted by atomic mass is 9.86. The van der Waals surface area contributed by atoms with Gasteiger partial charge in [0.2, 0.25) is 15.9 Å². The van der Waals surface area contributed by atoms with Crippen LogP contribution >= 0.6 is 0 Å². The molecular formula is C30H28N6O4S. The molecule has 0 aliphatic carbocycles. The fraction of sp³-hybridized carbons (Fsp3) is 0.167. The van der Waals surface area contributed by atoms with E-state index < -0.39 is 16.1 Å². The first kappa shape index (κ1) is 26.5. The fourth-order valence-corrected chi connectivity index (χ4v) is 6.23. The van der Waals surface area contributed by atoms with E-state index in [-0.39, 0.29) is 22.5 Å². The van der Waals surface area contributed by atoms with Crippen molar-refractivity contribution >= 4 is 38.3 Å². The molecule has 1 aliphatic heterocycles. The lowest BCUT2D eigenvalue weighted by Crippen LogP contribution is -2.49. The maximum absolute atomic E-state index is 13.7. The number of carbonyl (C=O) groups excluding carboxylic acids is 1. The summed E-state index contributed by atoms with van der Waals surface area (Å²) in [5, 5.41) is 29.2. The summed E-state index contributed by atoms with van der Waals surface area (Å²) in [6, 6.07) is 26.1. The summed E-state index contributed by atoms with van der Waals surface area (Å²) >= 11 is 0. The number of phenols is 1. The van der Waals surface area contributed by atoms with Gasteiger partial charge in [-0.25, -0.2) is 13.6 Å². The van der Waals surface area contributed by atoms with Gasteiger partial charge in [-0.3, -0.25) is 4.79 Å². The molecule has 0 spiro atoms. The van der Waals surface area contributed by atoms with Crippen molar-refractivity contribution < 1.29 is 18.3 Å². The van der Waals surface area contributed by atoms with Gasteiger partial charge in [0.05, 0.1) is 4.90 Å². The van der Waals surface area contributed by atoms with E-state index in [9.17, 15) is 18.3 Å². The Balaban J connectivity index is 1.25. The smallest absolute Gasteiger partial charge is 0.247 e. The van der Waals surface area contributed by atoms with Crippen molar-refractivity contribution in [3.63, 3.8) is 0 Å². The fourth-order valence-electron chi connectivity index (χ4n) is 5.47. The number of nitrogens with one attached hydrogen (secondary N) is 2. The number of rotatable bonds is 6. The van der Waals surface area contributed by atoms with Crippen LogP contribution in [0.1, 0.15) is 24.3 Å². The number of carbonyl (C=O) groups is 1. The highest BCUT2D eigenvalue weighted by Crippen LogP contribution is 2.35. The molecule has 6 rings (SSSR count). The van der Waals surface area contributed by atoms with Gasteiger partial charge in [0, 0.05) is 29.4 Å². The highest BCUT2D eigenvalue weighted by molar-refractivity contribution is 7.89. The lowest BCUT2D eigenvalue weighted by Gasteiger charge is -2.40. The van der Waals surface area contributed by atoms with E-state index in [4.69, 9.17) is 5.14 Å². The summed E-state index contributed by atoms with van der Waals surface area (Å²) in [5.41, 5.74) is 5.18. The number of phenolic OH excluding ortho intramolecular Hbond substituents is 1. The standard InChI is InChI=1S/C30H28N6O4S/c31-41(39,40)29-4-2-1-3-25(29)20-5-10-22(11-6-20)32-30(38)28-16-9-21(19-7-13-24(37)14-8-19)18-36(28)23-12-15-26-27(17-23)34-35-33-26/h1-8,10-15,17,21,28,37H,9,16,18H2,(H,32,38)(H2,31,39,40)(H,33,34,35). The van der Waals surface area contributed by atoms with Crippen LogP contribution in [0.15, 0.2) is 95.9 Å². The minimum atomic E-state index is -3.89. The number of piperidine rings is 1. The number of fused-ring (bicyclic) bond motifs is 1. The van der Waals surface area contributed by atoms with E-state index >= 15 is 0 Å². The third-order valence-corrected chi connectivity index (χ3v) is 8.51. The summed E-state index contributed by atoms with van der Waals surface area (Å²) in [4.78, 5) is 15.8. The van der Waals surface area contributed by atoms with Crippen LogP contribution in [0.2, 0.25) is 0 Å². The summed E-state index contributed by atoms with van der Waals surface area (Å²) in [7, 11) is -3.89. The number of amides is 1. The summed E-state index contributed by atoms with van der Waals surface area (Å²) in [6.07, 6.45) is 1.42. The van der Waals surface area contributed by atoms with Crippen LogP contribution in [0.3, 0.4) is 0 Å². The van der Waals surface area contributed by atoms with Crippen LogP contribution in [0, 0.1) is 0 Å². The van der Waals surface area contributed by atoms with E-state index in [1.54, 1.807) is 54.6 Å². The normalized spacial score (nSPS) is 17.4. The van der Waals surface area contributed by atoms with Crippen molar-refractivity contribution in [1.82, 2.24) is 15.4 Å². The molecule has 1 aromatic heterocycles. The van der Waals surface area contributed by atoms with Gasteiger partial charge in [-0.2, -0.15) is 15.4 Å². The van der Waals surface area contributed by atoms with Crippen LogP contribution in [-0.2, 0) is 14.8 Å². The molecule has 10 nitrogen and oxygen atoms in total. The van der Waals surface area contributed by atoms with Gasteiger partial charge >= 0.3 is 0 Å². The number of nitrogens with two attached hydrogens (primary N) is 1. The Hall–Kier alpha value is -4.74. The number of benzene rings is 4. The van der Waals surface area contributed by atoms with Gasteiger partial charge in [0.15, 0.2) is 0 Å². The molecule has 1 amide bonds. The molecule has 41 heavy (non-hydrogen) atoms. The molecule has 4 aromatic carbocycles. The Morgan fingerprint density at radius 2 is 1.66 bits per heavy atom. The molecule has 5 N–H and O–H groups in total. The van der Waals surface area contributed by atoms with Crippen LogP contribution in [0.5, 0.6) is 5.75 Å². The predicted molar refractivity (Wildman–Crippen MR) is 157 cm³/mol. The molecule has 2 heterocycles. The Bertz CT molecular complexity index is 1820. The van der Waals surface area contributed by atoms with Gasteiger partial charge < -0.3 is 15.3 Å². The maximum atomic E-state index is 13.7. The highest BCUT2D eigenvalue weighted by atomic mass is 32.2. The quantitative estimate of drug-likeness (QED) is 0.237.